The van der Waals surface area contributed by atoms with Crippen LogP contribution < -0.4 is 5.32 Å². The number of Topliss-reactive ketones (excluding diaryl/α,β-unsaturated/α-hetero) is 1. The van der Waals surface area contributed by atoms with Crippen LogP contribution in [0.4, 0.5) is 4.79 Å². The lowest BCUT2D eigenvalue weighted by molar-refractivity contribution is -0.131. The van der Waals surface area contributed by atoms with Gasteiger partial charge >= 0.3 is 6.09 Å². The van der Waals surface area contributed by atoms with Gasteiger partial charge in [0, 0.05) is 0 Å². The van der Waals surface area contributed by atoms with Gasteiger partial charge in [-0.15, -0.1) is 0 Å². The van der Waals surface area contributed by atoms with Gasteiger partial charge in [0.2, 0.25) is 0 Å². The van der Waals surface area contributed by atoms with Crippen molar-refractivity contribution in [1.82, 2.24) is 5.32 Å². The Kier molecular flexibility index (Phi) is 3.25. The summed E-state index contributed by atoms with van der Waals surface area (Å²) < 4.78 is 5.18. The Hall–Kier alpha value is -1.10. The van der Waals surface area contributed by atoms with E-state index >= 15 is 0 Å². The zero-order valence-corrected chi connectivity index (χ0v) is 7.45. The lowest BCUT2D eigenvalue weighted by Crippen LogP contribution is -2.43. The highest BCUT2D eigenvalue weighted by Gasteiger charge is 2.25. The van der Waals surface area contributed by atoms with Gasteiger partial charge in [-0.1, -0.05) is 0 Å². The Labute approximate surface area is 76.1 Å². The highest BCUT2D eigenvalue weighted by atomic mass is 16.5. The molecule has 5 heteroatoms. The quantitative estimate of drug-likeness (QED) is 0.655. The van der Waals surface area contributed by atoms with E-state index < -0.39 is 6.09 Å². The van der Waals surface area contributed by atoms with Crippen molar-refractivity contribution >= 4 is 11.9 Å². The van der Waals surface area contributed by atoms with Crippen LogP contribution in [0.1, 0.15) is 19.8 Å². The molecule has 5 nitrogen and oxygen atoms in total. The summed E-state index contributed by atoms with van der Waals surface area (Å²) in [4.78, 5) is 21.1. The van der Waals surface area contributed by atoms with Crippen LogP contribution in [-0.2, 0) is 9.53 Å². The number of carbonyl (C=O) groups is 2. The van der Waals surface area contributed by atoms with Gasteiger partial charge in [0.15, 0.2) is 5.78 Å². The minimum Gasteiger partial charge on any atom is -0.465 e. The predicted octanol–water partition coefficient (Wildman–Crippen LogP) is 0.391. The number of amides is 1. The molecular weight excluding hydrogens is 174 g/mol. The molecule has 0 aliphatic carbocycles. The molecule has 0 bridgehead atoms. The monoisotopic (exact) mass is 187 g/mol. The molecule has 13 heavy (non-hydrogen) atoms. The Bertz CT molecular complexity index is 208. The number of hydrogen-bond acceptors (Lipinski definition) is 3. The fraction of sp³-hybridized carbons (Fsp3) is 0.750. The second-order valence-electron chi connectivity index (χ2n) is 3.16. The van der Waals surface area contributed by atoms with Gasteiger partial charge in [0.05, 0.1) is 12.6 Å². The van der Waals surface area contributed by atoms with Crippen LogP contribution in [0.3, 0.4) is 0 Å². The average Bonchev–Trinajstić information content (AvgIpc) is 2.04. The van der Waals surface area contributed by atoms with Crippen LogP contribution in [0, 0.1) is 0 Å². The van der Waals surface area contributed by atoms with Gasteiger partial charge < -0.3 is 15.2 Å². The average molecular weight is 187 g/mol. The maximum Gasteiger partial charge on any atom is 0.404 e. The molecule has 0 aromatic heterocycles. The molecule has 1 fully saturated rings. The van der Waals surface area contributed by atoms with Crippen molar-refractivity contribution in [2.75, 3.05) is 6.61 Å². The normalized spacial score (nSPS) is 28.1. The van der Waals surface area contributed by atoms with Crippen molar-refractivity contribution in [3.05, 3.63) is 0 Å². The summed E-state index contributed by atoms with van der Waals surface area (Å²) in [6, 6.07) is -0.173. The van der Waals surface area contributed by atoms with Gasteiger partial charge in [-0.25, -0.2) is 4.79 Å². The van der Waals surface area contributed by atoms with Crippen molar-refractivity contribution in [3.8, 4) is 0 Å². The summed E-state index contributed by atoms with van der Waals surface area (Å²) in [6.07, 6.45) is -0.127. The topological polar surface area (TPSA) is 75.6 Å². The summed E-state index contributed by atoms with van der Waals surface area (Å²) in [6.45, 7) is 1.77. The standard InChI is InChI=1S/C8H13NO4/c1-5(10)7-3-2-6(4-13-7)9-8(11)12/h6-7,9H,2-4H2,1H3,(H,11,12)/t6-,7+/m1/s1. The van der Waals surface area contributed by atoms with Crippen LogP contribution >= 0.6 is 0 Å². The van der Waals surface area contributed by atoms with E-state index in [1.165, 1.54) is 6.92 Å². The van der Waals surface area contributed by atoms with Crippen LogP contribution in [0.15, 0.2) is 0 Å². The van der Waals surface area contributed by atoms with E-state index in [1.807, 2.05) is 0 Å². The Balaban J connectivity index is 2.30. The molecule has 0 radical (unpaired) electrons. The van der Waals surface area contributed by atoms with Crippen molar-refractivity contribution in [2.45, 2.75) is 31.9 Å². The minimum atomic E-state index is -1.05. The first-order chi connectivity index (χ1) is 6.09. The second kappa shape index (κ2) is 4.23. The molecule has 2 atom stereocenters. The van der Waals surface area contributed by atoms with E-state index in [4.69, 9.17) is 9.84 Å². The summed E-state index contributed by atoms with van der Waals surface area (Å²) in [7, 11) is 0. The maximum absolute atomic E-state index is 10.9. The van der Waals surface area contributed by atoms with Gasteiger partial charge in [-0.05, 0) is 19.8 Å². The number of rotatable bonds is 2. The summed E-state index contributed by atoms with van der Waals surface area (Å²) in [5.74, 6) is 0.00813. The molecule has 1 aliphatic heterocycles. The van der Waals surface area contributed by atoms with E-state index in [-0.39, 0.29) is 24.5 Å². The molecule has 1 heterocycles. The van der Waals surface area contributed by atoms with E-state index in [1.54, 1.807) is 0 Å². The molecule has 1 amide bonds. The number of ether oxygens (including phenoxy) is 1. The van der Waals surface area contributed by atoms with E-state index in [2.05, 4.69) is 5.32 Å². The van der Waals surface area contributed by atoms with Crippen LogP contribution in [0.2, 0.25) is 0 Å². The molecule has 0 aromatic carbocycles. The van der Waals surface area contributed by atoms with Gasteiger partial charge in [-0.2, -0.15) is 0 Å². The number of carbonyl (C=O) groups excluding carboxylic acids is 1. The third-order valence-electron chi connectivity index (χ3n) is 2.06. The lowest BCUT2D eigenvalue weighted by Gasteiger charge is -2.27. The molecule has 0 saturated carbocycles. The van der Waals surface area contributed by atoms with Gasteiger partial charge in [0.25, 0.3) is 0 Å². The molecule has 2 N–H and O–H groups in total. The predicted molar refractivity (Wildman–Crippen MR) is 44.6 cm³/mol. The Morgan fingerprint density at radius 2 is 2.15 bits per heavy atom. The van der Waals surface area contributed by atoms with E-state index in [0.29, 0.717) is 12.8 Å². The molecule has 0 unspecified atom stereocenters. The Morgan fingerprint density at radius 3 is 2.54 bits per heavy atom. The summed E-state index contributed by atoms with van der Waals surface area (Å²) in [5, 5.41) is 10.7. The highest BCUT2D eigenvalue weighted by Crippen LogP contribution is 2.13. The smallest absolute Gasteiger partial charge is 0.404 e. The van der Waals surface area contributed by atoms with Gasteiger partial charge in [-0.3, -0.25) is 4.79 Å². The third kappa shape index (κ3) is 3.02. The highest BCUT2D eigenvalue weighted by molar-refractivity contribution is 5.80. The molecular formula is C8H13NO4. The first-order valence-corrected chi connectivity index (χ1v) is 4.21. The number of nitrogens with one attached hydrogen (secondary N) is 1. The first-order valence-electron chi connectivity index (χ1n) is 4.21. The molecule has 0 spiro atoms. The molecule has 1 aliphatic rings. The molecule has 1 rings (SSSR count). The van der Waals surface area contributed by atoms with E-state index in [9.17, 15) is 9.59 Å². The van der Waals surface area contributed by atoms with Crippen molar-refractivity contribution in [3.63, 3.8) is 0 Å². The number of carboxylic acid groups (broad SMARTS) is 1. The summed E-state index contributed by atoms with van der Waals surface area (Å²) >= 11 is 0. The maximum atomic E-state index is 10.9. The minimum absolute atomic E-state index is 0.00813. The number of ketones is 1. The Morgan fingerprint density at radius 1 is 1.46 bits per heavy atom. The van der Waals surface area contributed by atoms with E-state index in [0.717, 1.165) is 0 Å². The van der Waals surface area contributed by atoms with Crippen LogP contribution in [-0.4, -0.2) is 35.7 Å². The fourth-order valence-electron chi connectivity index (χ4n) is 1.36. The molecule has 1 saturated heterocycles. The third-order valence-corrected chi connectivity index (χ3v) is 2.06. The van der Waals surface area contributed by atoms with Crippen LogP contribution in [0.25, 0.3) is 0 Å². The second-order valence-corrected chi connectivity index (χ2v) is 3.16. The van der Waals surface area contributed by atoms with Crippen molar-refractivity contribution < 1.29 is 19.4 Å². The van der Waals surface area contributed by atoms with Crippen LogP contribution in [0.5, 0.6) is 0 Å². The van der Waals surface area contributed by atoms with Gasteiger partial charge in [0.1, 0.15) is 6.10 Å². The molecule has 74 valence electrons. The summed E-state index contributed by atoms with van der Waals surface area (Å²) in [5.41, 5.74) is 0. The zero-order valence-electron chi connectivity index (χ0n) is 7.45. The van der Waals surface area contributed by atoms with Crippen molar-refractivity contribution in [2.24, 2.45) is 0 Å². The first kappa shape index (κ1) is 9.98. The SMILES string of the molecule is CC(=O)[C@@H]1CC[C@@H](NC(=O)O)CO1. The number of hydrogen-bond donors (Lipinski definition) is 2. The fourth-order valence-corrected chi connectivity index (χ4v) is 1.36. The lowest BCUT2D eigenvalue weighted by atomic mass is 10.0. The zero-order chi connectivity index (χ0) is 9.84. The largest absolute Gasteiger partial charge is 0.465 e. The molecule has 0 aromatic rings. The van der Waals surface area contributed by atoms with Crippen molar-refractivity contribution in [1.29, 1.82) is 0 Å².